The molecule has 2 atom stereocenters. The number of benzene rings is 1. The number of hydrogen-bond acceptors (Lipinski definition) is 8. The lowest BCUT2D eigenvalue weighted by Crippen LogP contribution is -2.44. The van der Waals surface area contributed by atoms with Crippen LogP contribution in [0.25, 0.3) is 0 Å². The van der Waals surface area contributed by atoms with Gasteiger partial charge in [-0.25, -0.2) is 8.42 Å². The number of carbonyl (C=O) groups is 1. The minimum absolute atomic E-state index is 0.0377. The smallest absolute Gasteiger partial charge is 0.236 e. The van der Waals surface area contributed by atoms with Crippen molar-refractivity contribution in [3.63, 3.8) is 0 Å². The zero-order valence-corrected chi connectivity index (χ0v) is 21.5. The van der Waals surface area contributed by atoms with Gasteiger partial charge >= 0.3 is 0 Å². The third-order valence-corrected chi connectivity index (χ3v) is 10.3. The second-order valence-corrected chi connectivity index (χ2v) is 14.0. The predicted octanol–water partition coefficient (Wildman–Crippen LogP) is 4.47. The van der Waals surface area contributed by atoms with E-state index in [1.165, 1.54) is 34.2 Å². The molecule has 6 nitrogen and oxygen atoms in total. The number of thioether (sulfide) groups is 2. The van der Waals surface area contributed by atoms with Gasteiger partial charge in [0.05, 0.1) is 16.8 Å². The Hall–Kier alpha value is -1.10. The molecule has 1 fully saturated rings. The van der Waals surface area contributed by atoms with Gasteiger partial charge in [-0.1, -0.05) is 73.0 Å². The van der Waals surface area contributed by atoms with Crippen molar-refractivity contribution < 1.29 is 13.2 Å². The fourth-order valence-electron chi connectivity index (χ4n) is 3.50. The number of carbonyl (C=O) groups excluding carboxylic acids is 1. The Kier molecular flexibility index (Phi) is 8.45. The number of hydrogen-bond donors (Lipinski definition) is 0. The van der Waals surface area contributed by atoms with Crippen molar-refractivity contribution in [3.8, 4) is 0 Å². The van der Waals surface area contributed by atoms with Gasteiger partial charge in [0, 0.05) is 18.3 Å². The molecule has 0 saturated carbocycles. The number of aromatic nitrogens is 2. The topological polar surface area (TPSA) is 80.2 Å². The summed E-state index contributed by atoms with van der Waals surface area (Å²) in [6.45, 7) is 8.63. The van der Waals surface area contributed by atoms with E-state index in [0.717, 1.165) is 14.4 Å². The first kappa shape index (κ1) is 24.5. The first-order valence-corrected chi connectivity index (χ1v) is 14.9. The molecule has 0 N–H and O–H groups in total. The molecule has 2 heterocycles. The van der Waals surface area contributed by atoms with Crippen LogP contribution in [0.4, 0.5) is 0 Å². The fraction of sp³-hybridized carbons (Fsp3) is 0.571. The van der Waals surface area contributed by atoms with Gasteiger partial charge in [-0.05, 0) is 37.3 Å². The van der Waals surface area contributed by atoms with Crippen LogP contribution in [0.15, 0.2) is 32.9 Å². The van der Waals surface area contributed by atoms with E-state index in [-0.39, 0.29) is 28.7 Å². The van der Waals surface area contributed by atoms with Crippen LogP contribution in [0, 0.1) is 0 Å². The molecule has 0 spiro atoms. The number of amides is 1. The van der Waals surface area contributed by atoms with Crippen molar-refractivity contribution in [1.82, 2.24) is 15.1 Å². The molecule has 10 heteroatoms. The number of nitrogens with zero attached hydrogens (tertiary/aromatic N) is 3. The zero-order valence-electron chi connectivity index (χ0n) is 18.3. The maximum Gasteiger partial charge on any atom is 0.236 e. The summed E-state index contributed by atoms with van der Waals surface area (Å²) < 4.78 is 25.2. The maximum atomic E-state index is 12.9. The van der Waals surface area contributed by atoms with Crippen LogP contribution < -0.4 is 0 Å². The van der Waals surface area contributed by atoms with Gasteiger partial charge in [0.15, 0.2) is 18.5 Å². The standard InChI is InChI=1S/C21H29N3O3S4/c1-5-24(18-10-11-31(26,27)13-18)19(25)15(4)29-21-23-22-20(30-21)28-12-16-6-8-17(9-7-16)14(2)3/h6-9,14-15,18H,5,10-13H2,1-4H3. The summed E-state index contributed by atoms with van der Waals surface area (Å²) in [5.74, 6) is 1.55. The zero-order chi connectivity index (χ0) is 22.6. The highest BCUT2D eigenvalue weighted by Crippen LogP contribution is 2.34. The van der Waals surface area contributed by atoms with E-state index >= 15 is 0 Å². The molecule has 2 aromatic rings. The number of sulfone groups is 1. The Morgan fingerprint density at radius 1 is 1.19 bits per heavy atom. The molecule has 0 aliphatic carbocycles. The Bertz CT molecular complexity index is 990. The average molecular weight is 500 g/mol. The third kappa shape index (κ3) is 6.69. The van der Waals surface area contributed by atoms with E-state index in [0.29, 0.717) is 18.9 Å². The highest BCUT2D eigenvalue weighted by Gasteiger charge is 2.35. The van der Waals surface area contributed by atoms with E-state index in [2.05, 4.69) is 48.3 Å². The molecule has 1 saturated heterocycles. The summed E-state index contributed by atoms with van der Waals surface area (Å²) in [5, 5.41) is 8.16. The molecule has 31 heavy (non-hydrogen) atoms. The van der Waals surface area contributed by atoms with Crippen LogP contribution in [0.5, 0.6) is 0 Å². The summed E-state index contributed by atoms with van der Waals surface area (Å²) in [6.07, 6.45) is 0.525. The summed E-state index contributed by atoms with van der Waals surface area (Å²) >= 11 is 4.53. The molecule has 1 aromatic carbocycles. The average Bonchev–Trinajstić information content (AvgIpc) is 3.32. The monoisotopic (exact) mass is 499 g/mol. The molecule has 170 valence electrons. The molecule has 3 rings (SSSR count). The molecule has 2 unspecified atom stereocenters. The quantitative estimate of drug-likeness (QED) is 0.471. The lowest BCUT2D eigenvalue weighted by atomic mass is 10.0. The second-order valence-electron chi connectivity index (χ2n) is 7.96. The Morgan fingerprint density at radius 3 is 2.45 bits per heavy atom. The van der Waals surface area contributed by atoms with E-state index in [1.54, 1.807) is 16.7 Å². The van der Waals surface area contributed by atoms with Gasteiger partial charge in [0.2, 0.25) is 5.91 Å². The Labute approximate surface area is 197 Å². The normalized spacial score (nSPS) is 18.9. The molecular formula is C21H29N3O3S4. The Morgan fingerprint density at radius 2 is 1.87 bits per heavy atom. The number of rotatable bonds is 9. The van der Waals surface area contributed by atoms with Crippen LogP contribution in [-0.4, -0.2) is 58.8 Å². The Balaban J connectivity index is 1.54. The van der Waals surface area contributed by atoms with Gasteiger partial charge in [-0.15, -0.1) is 10.2 Å². The largest absolute Gasteiger partial charge is 0.338 e. The van der Waals surface area contributed by atoms with E-state index in [4.69, 9.17) is 0 Å². The van der Waals surface area contributed by atoms with Crippen molar-refractivity contribution in [2.24, 2.45) is 0 Å². The summed E-state index contributed by atoms with van der Waals surface area (Å²) in [4.78, 5) is 14.6. The fourth-order valence-corrected chi connectivity index (χ4v) is 8.42. The first-order valence-electron chi connectivity index (χ1n) is 10.4. The summed E-state index contributed by atoms with van der Waals surface area (Å²) in [5.41, 5.74) is 2.57. The highest BCUT2D eigenvalue weighted by atomic mass is 32.2. The lowest BCUT2D eigenvalue weighted by molar-refractivity contribution is -0.131. The maximum absolute atomic E-state index is 12.9. The van der Waals surface area contributed by atoms with Crippen molar-refractivity contribution in [2.75, 3.05) is 18.1 Å². The van der Waals surface area contributed by atoms with E-state index in [9.17, 15) is 13.2 Å². The van der Waals surface area contributed by atoms with Crippen LogP contribution in [0.1, 0.15) is 51.2 Å². The minimum Gasteiger partial charge on any atom is -0.338 e. The van der Waals surface area contributed by atoms with Crippen LogP contribution in [0.3, 0.4) is 0 Å². The van der Waals surface area contributed by atoms with Crippen molar-refractivity contribution in [3.05, 3.63) is 35.4 Å². The molecule has 0 bridgehead atoms. The van der Waals surface area contributed by atoms with Gasteiger partial charge in [-0.3, -0.25) is 4.79 Å². The highest BCUT2D eigenvalue weighted by molar-refractivity contribution is 8.03. The molecule has 1 aliphatic rings. The molecular weight excluding hydrogens is 471 g/mol. The van der Waals surface area contributed by atoms with E-state index < -0.39 is 9.84 Å². The third-order valence-electron chi connectivity index (χ3n) is 5.29. The van der Waals surface area contributed by atoms with Gasteiger partial charge in [-0.2, -0.15) is 0 Å². The summed E-state index contributed by atoms with van der Waals surface area (Å²) in [6, 6.07) is 8.44. The van der Waals surface area contributed by atoms with Gasteiger partial charge in [0.25, 0.3) is 0 Å². The van der Waals surface area contributed by atoms with Crippen LogP contribution in [-0.2, 0) is 20.4 Å². The molecule has 0 radical (unpaired) electrons. The minimum atomic E-state index is -3.03. The van der Waals surface area contributed by atoms with Crippen LogP contribution in [0.2, 0.25) is 0 Å². The van der Waals surface area contributed by atoms with E-state index in [1.807, 2.05) is 13.8 Å². The molecule has 1 amide bonds. The van der Waals surface area contributed by atoms with Crippen molar-refractivity contribution in [2.45, 2.75) is 65.8 Å². The predicted molar refractivity (Wildman–Crippen MR) is 130 cm³/mol. The van der Waals surface area contributed by atoms with Crippen molar-refractivity contribution >= 4 is 50.6 Å². The SMILES string of the molecule is CCN(C(=O)C(C)Sc1nnc(SCc2ccc(C(C)C)cc2)s1)C1CCS(=O)(=O)C1. The van der Waals surface area contributed by atoms with Gasteiger partial charge < -0.3 is 4.90 Å². The first-order chi connectivity index (χ1) is 14.7. The molecule has 1 aromatic heterocycles. The lowest BCUT2D eigenvalue weighted by Gasteiger charge is -2.29. The van der Waals surface area contributed by atoms with Gasteiger partial charge in [0.1, 0.15) is 0 Å². The van der Waals surface area contributed by atoms with Crippen LogP contribution >= 0.6 is 34.9 Å². The second kappa shape index (κ2) is 10.7. The molecule has 1 aliphatic heterocycles. The summed E-state index contributed by atoms with van der Waals surface area (Å²) in [7, 11) is -3.03. The van der Waals surface area contributed by atoms with Crippen molar-refractivity contribution in [1.29, 1.82) is 0 Å².